The lowest BCUT2D eigenvalue weighted by Gasteiger charge is -2.07. The van der Waals surface area contributed by atoms with E-state index in [-0.39, 0.29) is 5.91 Å². The van der Waals surface area contributed by atoms with Gasteiger partial charge >= 0.3 is 0 Å². The zero-order valence-electron chi connectivity index (χ0n) is 9.60. The van der Waals surface area contributed by atoms with E-state index in [0.29, 0.717) is 23.1 Å². The van der Waals surface area contributed by atoms with Crippen molar-refractivity contribution in [2.75, 3.05) is 18.4 Å². The Kier molecular flexibility index (Phi) is 5.58. The Bertz CT molecular complexity index is 378. The first kappa shape index (κ1) is 13.6. The smallest absolute Gasteiger partial charge is 0.236 e. The van der Waals surface area contributed by atoms with Gasteiger partial charge in [0.2, 0.25) is 5.91 Å². The molecule has 4 N–H and O–H groups in total. The van der Waals surface area contributed by atoms with Gasteiger partial charge in [-0.15, -0.1) is 0 Å². The van der Waals surface area contributed by atoms with Gasteiger partial charge < -0.3 is 16.4 Å². The van der Waals surface area contributed by atoms with E-state index in [1.54, 1.807) is 6.92 Å². The fourth-order valence-corrected chi connectivity index (χ4v) is 1.74. The third-order valence-corrected chi connectivity index (χ3v) is 2.86. The summed E-state index contributed by atoms with van der Waals surface area (Å²) in [6.07, 6.45) is 3.07. The van der Waals surface area contributed by atoms with Gasteiger partial charge in [-0.25, -0.2) is 4.98 Å². The third kappa shape index (κ3) is 4.92. The highest BCUT2D eigenvalue weighted by Crippen LogP contribution is 2.15. The van der Waals surface area contributed by atoms with Gasteiger partial charge in [-0.2, -0.15) is 0 Å². The molecule has 7 heteroatoms. The minimum absolute atomic E-state index is 0.150. The molecule has 0 saturated heterocycles. The van der Waals surface area contributed by atoms with Gasteiger partial charge in [0.05, 0.1) is 17.1 Å². The SMILES string of the molecule is C[C@H](N)C(=O)NCCCNc1ncc(C=O)s1. The predicted octanol–water partition coefficient (Wildman–Crippen LogP) is 0.221. The molecule has 0 aromatic carbocycles. The van der Waals surface area contributed by atoms with Crippen molar-refractivity contribution in [2.24, 2.45) is 5.73 Å². The maximum Gasteiger partial charge on any atom is 0.236 e. The number of thiazole rings is 1. The fraction of sp³-hybridized carbons (Fsp3) is 0.500. The van der Waals surface area contributed by atoms with Crippen LogP contribution in [0.15, 0.2) is 6.20 Å². The number of aldehydes is 1. The molecule has 0 radical (unpaired) electrons. The molecule has 1 aromatic rings. The van der Waals surface area contributed by atoms with E-state index in [1.165, 1.54) is 17.5 Å². The average molecular weight is 256 g/mol. The van der Waals surface area contributed by atoms with Gasteiger partial charge in [0.1, 0.15) is 0 Å². The number of carbonyl (C=O) groups excluding carboxylic acids is 2. The molecule has 6 nitrogen and oxygen atoms in total. The molecule has 0 unspecified atom stereocenters. The summed E-state index contributed by atoms with van der Waals surface area (Å²) in [5.74, 6) is -0.150. The molecule has 0 aliphatic carbocycles. The van der Waals surface area contributed by atoms with E-state index in [0.717, 1.165) is 12.7 Å². The summed E-state index contributed by atoms with van der Waals surface area (Å²) in [4.78, 5) is 26.1. The Morgan fingerprint density at radius 2 is 2.41 bits per heavy atom. The van der Waals surface area contributed by atoms with E-state index in [4.69, 9.17) is 5.73 Å². The molecule has 0 bridgehead atoms. The number of aromatic nitrogens is 1. The van der Waals surface area contributed by atoms with Crippen molar-refractivity contribution in [3.8, 4) is 0 Å². The van der Waals surface area contributed by atoms with Crippen molar-refractivity contribution >= 4 is 28.7 Å². The minimum Gasteiger partial charge on any atom is -0.361 e. The molecule has 1 atom stereocenters. The summed E-state index contributed by atoms with van der Waals surface area (Å²) in [5.41, 5.74) is 5.39. The molecule has 0 saturated carbocycles. The number of carbonyl (C=O) groups is 2. The number of amides is 1. The molecule has 17 heavy (non-hydrogen) atoms. The molecule has 1 aromatic heterocycles. The standard InChI is InChI=1S/C10H16N4O2S/c1-7(11)9(16)12-3-2-4-13-10-14-5-8(6-15)17-10/h5-7H,2-4,11H2,1H3,(H,12,16)(H,13,14)/t7-/m0/s1. The van der Waals surface area contributed by atoms with Crippen LogP contribution in [0.3, 0.4) is 0 Å². The maximum atomic E-state index is 11.1. The van der Waals surface area contributed by atoms with Gasteiger partial charge in [-0.3, -0.25) is 9.59 Å². The molecular weight excluding hydrogens is 240 g/mol. The van der Waals surface area contributed by atoms with Crippen molar-refractivity contribution < 1.29 is 9.59 Å². The molecule has 0 spiro atoms. The minimum atomic E-state index is -0.475. The summed E-state index contributed by atoms with van der Waals surface area (Å²) >= 11 is 1.30. The highest BCUT2D eigenvalue weighted by Gasteiger charge is 2.05. The fourth-order valence-electron chi connectivity index (χ4n) is 1.08. The lowest BCUT2D eigenvalue weighted by atomic mass is 10.3. The predicted molar refractivity (Wildman–Crippen MR) is 67.3 cm³/mol. The highest BCUT2D eigenvalue weighted by atomic mass is 32.1. The monoisotopic (exact) mass is 256 g/mol. The number of hydrogen-bond acceptors (Lipinski definition) is 6. The Labute approximate surface area is 104 Å². The van der Waals surface area contributed by atoms with Crippen LogP contribution in [-0.2, 0) is 4.79 Å². The normalized spacial score (nSPS) is 11.9. The Balaban J connectivity index is 2.12. The van der Waals surface area contributed by atoms with Crippen LogP contribution in [0.25, 0.3) is 0 Å². The topological polar surface area (TPSA) is 97.1 Å². The molecule has 0 aliphatic rings. The lowest BCUT2D eigenvalue weighted by Crippen LogP contribution is -2.39. The number of anilines is 1. The van der Waals surface area contributed by atoms with Crippen molar-refractivity contribution in [1.29, 1.82) is 0 Å². The van der Waals surface area contributed by atoms with Crippen molar-refractivity contribution in [3.05, 3.63) is 11.1 Å². The van der Waals surface area contributed by atoms with Gasteiger partial charge in [0.25, 0.3) is 0 Å². The van der Waals surface area contributed by atoms with Crippen LogP contribution in [0.2, 0.25) is 0 Å². The van der Waals surface area contributed by atoms with Crippen LogP contribution in [0.4, 0.5) is 5.13 Å². The zero-order valence-corrected chi connectivity index (χ0v) is 10.4. The number of hydrogen-bond donors (Lipinski definition) is 3. The van der Waals surface area contributed by atoms with E-state index >= 15 is 0 Å². The highest BCUT2D eigenvalue weighted by molar-refractivity contribution is 7.17. The largest absolute Gasteiger partial charge is 0.361 e. The third-order valence-electron chi connectivity index (χ3n) is 1.98. The van der Waals surface area contributed by atoms with Crippen LogP contribution in [0.1, 0.15) is 23.0 Å². The molecule has 0 fully saturated rings. The Morgan fingerprint density at radius 3 is 3.00 bits per heavy atom. The van der Waals surface area contributed by atoms with Gasteiger partial charge in [0, 0.05) is 13.1 Å². The van der Waals surface area contributed by atoms with Crippen LogP contribution in [0, 0.1) is 0 Å². The van der Waals surface area contributed by atoms with Gasteiger partial charge in [-0.05, 0) is 13.3 Å². The molecule has 0 aliphatic heterocycles. The van der Waals surface area contributed by atoms with Crippen molar-refractivity contribution in [3.63, 3.8) is 0 Å². The van der Waals surface area contributed by atoms with Gasteiger partial charge in [0.15, 0.2) is 11.4 Å². The number of nitrogens with one attached hydrogen (secondary N) is 2. The van der Waals surface area contributed by atoms with Crippen molar-refractivity contribution in [2.45, 2.75) is 19.4 Å². The summed E-state index contributed by atoms with van der Waals surface area (Å²) in [5, 5.41) is 6.49. The van der Waals surface area contributed by atoms with E-state index in [9.17, 15) is 9.59 Å². The number of nitrogens with zero attached hydrogens (tertiary/aromatic N) is 1. The first-order valence-corrected chi connectivity index (χ1v) is 6.13. The van der Waals surface area contributed by atoms with Gasteiger partial charge in [-0.1, -0.05) is 11.3 Å². The zero-order chi connectivity index (χ0) is 12.7. The first-order valence-electron chi connectivity index (χ1n) is 5.31. The van der Waals surface area contributed by atoms with Crippen LogP contribution < -0.4 is 16.4 Å². The Hall–Kier alpha value is -1.47. The van der Waals surface area contributed by atoms with E-state index < -0.39 is 6.04 Å². The van der Waals surface area contributed by atoms with E-state index in [1.807, 2.05) is 0 Å². The van der Waals surface area contributed by atoms with Crippen LogP contribution in [0.5, 0.6) is 0 Å². The molecular formula is C10H16N4O2S. The summed E-state index contributed by atoms with van der Waals surface area (Å²) in [7, 11) is 0. The number of rotatable bonds is 7. The second kappa shape index (κ2) is 6.97. The number of nitrogens with two attached hydrogens (primary N) is 1. The second-order valence-electron chi connectivity index (χ2n) is 3.55. The lowest BCUT2D eigenvalue weighted by molar-refractivity contribution is -0.121. The maximum absolute atomic E-state index is 11.1. The van der Waals surface area contributed by atoms with E-state index in [2.05, 4.69) is 15.6 Å². The quantitative estimate of drug-likeness (QED) is 0.479. The molecule has 1 rings (SSSR count). The first-order chi connectivity index (χ1) is 8.13. The van der Waals surface area contributed by atoms with Crippen LogP contribution in [-0.4, -0.2) is 36.3 Å². The van der Waals surface area contributed by atoms with Crippen molar-refractivity contribution in [1.82, 2.24) is 10.3 Å². The molecule has 1 heterocycles. The van der Waals surface area contributed by atoms with Crippen LogP contribution >= 0.6 is 11.3 Å². The summed E-state index contributed by atoms with van der Waals surface area (Å²) in [6, 6.07) is -0.475. The second-order valence-corrected chi connectivity index (χ2v) is 4.61. The molecule has 1 amide bonds. The average Bonchev–Trinajstić information content (AvgIpc) is 2.76. The summed E-state index contributed by atoms with van der Waals surface area (Å²) in [6.45, 7) is 2.90. The Morgan fingerprint density at radius 1 is 1.65 bits per heavy atom. The molecule has 94 valence electrons. The summed E-state index contributed by atoms with van der Waals surface area (Å²) < 4.78 is 0.